The number of benzene rings is 2. The molecule has 2 unspecified atom stereocenters. The van der Waals surface area contributed by atoms with Gasteiger partial charge in [0.25, 0.3) is 0 Å². The Balaban J connectivity index is 1.71. The predicted molar refractivity (Wildman–Crippen MR) is 136 cm³/mol. The minimum Gasteiger partial charge on any atom is -0.465 e. The van der Waals surface area contributed by atoms with Crippen LogP contribution in [-0.4, -0.2) is 30.6 Å². The van der Waals surface area contributed by atoms with E-state index >= 15 is 0 Å². The topological polar surface area (TPSA) is 64.6 Å². The number of hydrogen-bond donors (Lipinski definition) is 1. The van der Waals surface area contributed by atoms with Crippen LogP contribution in [0, 0.1) is 5.92 Å². The third-order valence-electron chi connectivity index (χ3n) is 5.44. The number of hydrogen-bond acceptors (Lipinski definition) is 6. The molecule has 1 heterocycles. The molecule has 34 heavy (non-hydrogen) atoms. The summed E-state index contributed by atoms with van der Waals surface area (Å²) in [5.41, 5.74) is 4.22. The van der Waals surface area contributed by atoms with Gasteiger partial charge in [0.1, 0.15) is 18.7 Å². The zero-order chi connectivity index (χ0) is 24.3. The van der Waals surface area contributed by atoms with Crippen LogP contribution in [0.3, 0.4) is 0 Å². The first-order valence-corrected chi connectivity index (χ1v) is 12.6. The van der Waals surface area contributed by atoms with Crippen molar-refractivity contribution in [2.45, 2.75) is 52.3 Å². The molecule has 5 nitrogen and oxygen atoms in total. The maximum Gasteiger partial charge on any atom is 0.323 e. The van der Waals surface area contributed by atoms with Gasteiger partial charge in [0.15, 0.2) is 0 Å². The maximum absolute atomic E-state index is 13.0. The maximum atomic E-state index is 13.0. The summed E-state index contributed by atoms with van der Waals surface area (Å²) in [4.78, 5) is 25.7. The van der Waals surface area contributed by atoms with Crippen LogP contribution in [0.15, 0.2) is 71.4 Å². The van der Waals surface area contributed by atoms with Crippen molar-refractivity contribution in [1.29, 1.82) is 0 Å². The van der Waals surface area contributed by atoms with Crippen molar-refractivity contribution in [3.8, 4) is 11.1 Å². The van der Waals surface area contributed by atoms with E-state index in [0.29, 0.717) is 12.8 Å². The van der Waals surface area contributed by atoms with E-state index in [1.807, 2.05) is 56.3 Å². The van der Waals surface area contributed by atoms with Gasteiger partial charge in [-0.1, -0.05) is 68.4 Å². The summed E-state index contributed by atoms with van der Waals surface area (Å²) in [6.45, 7) is 6.35. The van der Waals surface area contributed by atoms with Crippen LogP contribution in [0.25, 0.3) is 11.1 Å². The molecule has 3 rings (SSSR count). The van der Waals surface area contributed by atoms with E-state index in [1.165, 1.54) is 5.56 Å². The molecule has 0 spiro atoms. The zero-order valence-corrected chi connectivity index (χ0v) is 20.8. The van der Waals surface area contributed by atoms with Crippen LogP contribution < -0.4 is 5.32 Å². The van der Waals surface area contributed by atoms with Gasteiger partial charge in [-0.05, 0) is 64.8 Å². The van der Waals surface area contributed by atoms with Crippen LogP contribution >= 0.6 is 11.3 Å². The zero-order valence-electron chi connectivity index (χ0n) is 20.0. The molecule has 0 aliphatic rings. The highest BCUT2D eigenvalue weighted by Gasteiger charge is 2.29. The summed E-state index contributed by atoms with van der Waals surface area (Å²) >= 11 is 1.66. The molecule has 180 valence electrons. The normalized spacial score (nSPS) is 12.8. The van der Waals surface area contributed by atoms with Gasteiger partial charge in [-0.15, -0.1) is 0 Å². The highest BCUT2D eigenvalue weighted by molar-refractivity contribution is 7.08. The van der Waals surface area contributed by atoms with Gasteiger partial charge in [0.05, 0.1) is 6.61 Å². The highest BCUT2D eigenvalue weighted by Crippen LogP contribution is 2.23. The molecule has 6 heteroatoms. The molecule has 0 fully saturated rings. The molecule has 2 aromatic carbocycles. The van der Waals surface area contributed by atoms with E-state index in [0.717, 1.165) is 16.7 Å². The van der Waals surface area contributed by atoms with Crippen LogP contribution in [0.4, 0.5) is 0 Å². The fourth-order valence-electron chi connectivity index (χ4n) is 3.73. The lowest BCUT2D eigenvalue weighted by Crippen LogP contribution is -2.50. The Kier molecular flexibility index (Phi) is 9.86. The quantitative estimate of drug-likeness (QED) is 0.341. The van der Waals surface area contributed by atoms with Gasteiger partial charge in [0.2, 0.25) is 0 Å². The molecule has 1 aromatic heterocycles. The van der Waals surface area contributed by atoms with E-state index in [1.54, 1.807) is 18.3 Å². The van der Waals surface area contributed by atoms with E-state index in [-0.39, 0.29) is 31.1 Å². The minimum atomic E-state index is -0.653. The smallest absolute Gasteiger partial charge is 0.323 e. The van der Waals surface area contributed by atoms with Gasteiger partial charge >= 0.3 is 11.9 Å². The molecule has 3 aromatic rings. The van der Waals surface area contributed by atoms with E-state index in [9.17, 15) is 9.59 Å². The molecule has 0 bridgehead atoms. The van der Waals surface area contributed by atoms with Gasteiger partial charge in [0, 0.05) is 0 Å². The van der Waals surface area contributed by atoms with Gasteiger partial charge in [-0.25, -0.2) is 0 Å². The van der Waals surface area contributed by atoms with Crippen LogP contribution in [0.1, 0.15) is 38.3 Å². The molecule has 0 saturated heterocycles. The molecule has 1 N–H and O–H groups in total. The fourth-order valence-corrected chi connectivity index (χ4v) is 4.39. The Morgan fingerprint density at radius 3 is 2.18 bits per heavy atom. The Bertz CT molecular complexity index is 1020. The highest BCUT2D eigenvalue weighted by atomic mass is 32.1. The number of carbonyl (C=O) groups is 2. The molecule has 0 amide bonds. The first kappa shape index (κ1) is 25.7. The van der Waals surface area contributed by atoms with Crippen LogP contribution in [0.2, 0.25) is 0 Å². The lowest BCUT2D eigenvalue weighted by molar-refractivity contribution is -0.150. The second-order valence-electron chi connectivity index (χ2n) is 8.66. The average molecular weight is 480 g/mol. The fraction of sp³-hybridized carbons (Fsp3) is 0.357. The van der Waals surface area contributed by atoms with Gasteiger partial charge in [-0.3, -0.25) is 14.9 Å². The molecular weight excluding hydrogens is 446 g/mol. The second kappa shape index (κ2) is 13.1. The van der Waals surface area contributed by atoms with Gasteiger partial charge in [-0.2, -0.15) is 11.3 Å². The number of thiophene rings is 1. The third kappa shape index (κ3) is 7.82. The van der Waals surface area contributed by atoms with Crippen molar-refractivity contribution in [2.75, 3.05) is 6.61 Å². The third-order valence-corrected chi connectivity index (χ3v) is 6.12. The number of carbonyl (C=O) groups excluding carboxylic acids is 2. The van der Waals surface area contributed by atoms with Crippen molar-refractivity contribution in [2.24, 2.45) is 5.92 Å². The van der Waals surface area contributed by atoms with E-state index < -0.39 is 12.1 Å². The summed E-state index contributed by atoms with van der Waals surface area (Å²) in [5, 5.41) is 7.41. The van der Waals surface area contributed by atoms with Crippen molar-refractivity contribution in [1.82, 2.24) is 5.32 Å². The standard InChI is InChI=1S/C28H33NO4S/c1-4-32-27(30)26(17-21-10-12-23(13-11-21)24-14-15-34-19-24)29-25(16-20(2)3)28(31)33-18-22-8-6-5-7-9-22/h5-15,19-20,25-26,29H,4,16-18H2,1-3H3. The summed E-state index contributed by atoms with van der Waals surface area (Å²) in [6.07, 6.45) is 0.976. The summed E-state index contributed by atoms with van der Waals surface area (Å²) in [6, 6.07) is 18.5. The van der Waals surface area contributed by atoms with Crippen molar-refractivity contribution >= 4 is 23.3 Å². The molecular formula is C28H33NO4S. The number of rotatable bonds is 12. The van der Waals surface area contributed by atoms with E-state index in [4.69, 9.17) is 9.47 Å². The number of ether oxygens (including phenoxy) is 2. The first-order valence-electron chi connectivity index (χ1n) is 11.7. The lowest BCUT2D eigenvalue weighted by Gasteiger charge is -2.25. The number of nitrogens with one attached hydrogen (secondary N) is 1. The molecule has 2 atom stereocenters. The Morgan fingerprint density at radius 2 is 1.56 bits per heavy atom. The Morgan fingerprint density at radius 1 is 0.853 bits per heavy atom. The number of esters is 2. The molecule has 0 aliphatic heterocycles. The van der Waals surface area contributed by atoms with E-state index in [2.05, 4.69) is 34.3 Å². The predicted octanol–water partition coefficient (Wildman–Crippen LogP) is 5.64. The Labute approximate surface area is 206 Å². The lowest BCUT2D eigenvalue weighted by atomic mass is 9.99. The minimum absolute atomic E-state index is 0.198. The second-order valence-corrected chi connectivity index (χ2v) is 9.44. The van der Waals surface area contributed by atoms with Crippen LogP contribution in [0.5, 0.6) is 0 Å². The first-order chi connectivity index (χ1) is 16.5. The van der Waals surface area contributed by atoms with Crippen molar-refractivity contribution in [3.05, 3.63) is 82.6 Å². The SMILES string of the molecule is CCOC(=O)C(Cc1ccc(-c2ccsc2)cc1)NC(CC(C)C)C(=O)OCc1ccccc1. The van der Waals surface area contributed by atoms with Gasteiger partial charge < -0.3 is 9.47 Å². The summed E-state index contributed by atoms with van der Waals surface area (Å²) < 4.78 is 10.9. The Hall–Kier alpha value is -2.96. The average Bonchev–Trinajstić information content (AvgIpc) is 3.37. The van der Waals surface area contributed by atoms with Crippen molar-refractivity contribution in [3.63, 3.8) is 0 Å². The van der Waals surface area contributed by atoms with Crippen LogP contribution in [-0.2, 0) is 32.1 Å². The molecule has 0 saturated carbocycles. The molecule has 0 aliphatic carbocycles. The van der Waals surface area contributed by atoms with Crippen molar-refractivity contribution < 1.29 is 19.1 Å². The monoisotopic (exact) mass is 479 g/mol. The largest absolute Gasteiger partial charge is 0.465 e. The summed E-state index contributed by atoms with van der Waals surface area (Å²) in [5.74, 6) is -0.483. The summed E-state index contributed by atoms with van der Waals surface area (Å²) in [7, 11) is 0. The molecule has 0 radical (unpaired) electrons.